The third kappa shape index (κ3) is 10.3. The molecule has 0 amide bonds. The molecule has 0 N–H and O–H groups in total. The Morgan fingerprint density at radius 3 is 2.35 bits per heavy atom. The minimum absolute atomic E-state index is 0.623. The van der Waals surface area contributed by atoms with Gasteiger partial charge in [0, 0.05) is 0 Å². The van der Waals surface area contributed by atoms with E-state index in [4.69, 9.17) is 4.74 Å². The van der Waals surface area contributed by atoms with Gasteiger partial charge in [-0.3, -0.25) is 0 Å². The smallest absolute Gasteiger partial charge is 0.119 e. The lowest BCUT2D eigenvalue weighted by molar-refractivity contribution is 0.363. The van der Waals surface area contributed by atoms with Gasteiger partial charge >= 0.3 is 0 Å². The summed E-state index contributed by atoms with van der Waals surface area (Å²) in [5.74, 6) is 3.16. The molecule has 0 aliphatic carbocycles. The molecule has 1 rings (SSSR count). The van der Waals surface area contributed by atoms with Gasteiger partial charge in [0.25, 0.3) is 0 Å². The van der Waals surface area contributed by atoms with E-state index in [9.17, 15) is 0 Å². The highest BCUT2D eigenvalue weighted by Crippen LogP contribution is 2.07. The second-order valence-corrected chi connectivity index (χ2v) is 3.18. The van der Waals surface area contributed by atoms with Crippen molar-refractivity contribution in [2.45, 2.75) is 20.3 Å². The van der Waals surface area contributed by atoms with Crippen LogP contribution >= 0.6 is 0 Å². The molecule has 1 nitrogen and oxygen atoms in total. The number of terminal acetylenes is 1. The quantitative estimate of drug-likeness (QED) is 0.541. The fourth-order valence-corrected chi connectivity index (χ4v) is 1.01. The van der Waals surface area contributed by atoms with Gasteiger partial charge in [0.2, 0.25) is 0 Å². The van der Waals surface area contributed by atoms with E-state index < -0.39 is 0 Å². The van der Waals surface area contributed by atoms with Gasteiger partial charge in [-0.1, -0.05) is 43.4 Å². The van der Waals surface area contributed by atoms with E-state index in [-0.39, 0.29) is 0 Å². The number of hydrogen-bond acceptors (Lipinski definition) is 1. The van der Waals surface area contributed by atoms with Gasteiger partial charge in [-0.15, -0.1) is 12.3 Å². The van der Waals surface area contributed by atoms with E-state index in [2.05, 4.69) is 25.3 Å². The number of hydrogen-bond donors (Lipinski definition) is 0. The molecule has 90 valence electrons. The van der Waals surface area contributed by atoms with Crippen LogP contribution in [0.2, 0.25) is 0 Å². The maximum atomic E-state index is 5.47. The summed E-state index contributed by atoms with van der Waals surface area (Å²) in [6.07, 6.45) is 13.8. The average Bonchev–Trinajstić information content (AvgIpc) is 2.36. The van der Waals surface area contributed by atoms with Gasteiger partial charge < -0.3 is 4.74 Å². The molecule has 1 heteroatoms. The molecule has 0 spiro atoms. The predicted molar refractivity (Wildman–Crippen MR) is 75.0 cm³/mol. The highest BCUT2D eigenvalue weighted by atomic mass is 16.5. The summed E-state index contributed by atoms with van der Waals surface area (Å²) in [4.78, 5) is 0. The van der Waals surface area contributed by atoms with Crippen molar-refractivity contribution in [1.29, 1.82) is 0 Å². The van der Waals surface area contributed by atoms with Crippen LogP contribution in [0.4, 0.5) is 0 Å². The minimum atomic E-state index is 0.623. The summed E-state index contributed by atoms with van der Waals surface area (Å²) in [6, 6.07) is 9.82. The molecule has 0 saturated carbocycles. The lowest BCUT2D eigenvalue weighted by Gasteiger charge is -2.00. The second kappa shape index (κ2) is 12.1. The zero-order valence-electron chi connectivity index (χ0n) is 10.6. The van der Waals surface area contributed by atoms with Gasteiger partial charge in [-0.25, -0.2) is 0 Å². The zero-order valence-corrected chi connectivity index (χ0v) is 10.6. The first-order valence-electron chi connectivity index (χ1n) is 5.72. The number of ether oxygens (including phenoxy) is 1. The van der Waals surface area contributed by atoms with E-state index in [1.807, 2.05) is 48.6 Å². The van der Waals surface area contributed by atoms with Crippen LogP contribution in [0.1, 0.15) is 20.3 Å². The molecule has 1 aromatic rings. The Labute approximate surface area is 105 Å². The molecule has 0 fully saturated rings. The number of benzene rings is 1. The number of rotatable bonds is 5. The Balaban J connectivity index is 0.000000770. The van der Waals surface area contributed by atoms with Gasteiger partial charge in [0.05, 0.1) is 0 Å². The fraction of sp³-hybridized carbons (Fsp3) is 0.250. The third-order valence-electron chi connectivity index (χ3n) is 1.71. The number of para-hydroxylation sites is 1. The summed E-state index contributed by atoms with van der Waals surface area (Å²) in [5, 5.41) is 0. The topological polar surface area (TPSA) is 9.23 Å². The van der Waals surface area contributed by atoms with Gasteiger partial charge in [0.15, 0.2) is 0 Å². The molecular formula is C16H20O. The summed E-state index contributed by atoms with van der Waals surface area (Å²) < 4.78 is 5.47. The lowest BCUT2D eigenvalue weighted by atomic mass is 10.3. The predicted octanol–water partition coefficient (Wildman–Crippen LogP) is 4.23. The molecule has 1 aromatic carbocycles. The van der Waals surface area contributed by atoms with Crippen molar-refractivity contribution in [3.63, 3.8) is 0 Å². The molecule has 0 aliphatic rings. The van der Waals surface area contributed by atoms with Crippen molar-refractivity contribution in [2.75, 3.05) is 6.61 Å². The molecule has 0 bridgehead atoms. The van der Waals surface area contributed by atoms with Crippen LogP contribution in [0, 0.1) is 12.3 Å². The van der Waals surface area contributed by atoms with Gasteiger partial charge in [-0.05, 0) is 31.6 Å². The van der Waals surface area contributed by atoms with Crippen LogP contribution in [0.5, 0.6) is 5.75 Å². The van der Waals surface area contributed by atoms with Crippen molar-refractivity contribution in [3.8, 4) is 18.1 Å². The fourth-order valence-electron chi connectivity index (χ4n) is 1.01. The Kier molecular flexibility index (Phi) is 10.7. The molecule has 17 heavy (non-hydrogen) atoms. The van der Waals surface area contributed by atoms with E-state index in [1.165, 1.54) is 0 Å². The zero-order chi connectivity index (χ0) is 12.8. The normalized spacial score (nSPS) is 9.71. The van der Waals surface area contributed by atoms with Crippen LogP contribution in [0.15, 0.2) is 54.6 Å². The molecule has 0 aromatic heterocycles. The number of allylic oxidation sites excluding steroid dienone is 3. The van der Waals surface area contributed by atoms with E-state index in [0.717, 1.165) is 12.2 Å². The van der Waals surface area contributed by atoms with E-state index >= 15 is 0 Å². The highest BCUT2D eigenvalue weighted by molar-refractivity contribution is 5.21. The van der Waals surface area contributed by atoms with Crippen molar-refractivity contribution in [3.05, 3.63) is 54.6 Å². The first-order valence-corrected chi connectivity index (χ1v) is 5.72. The summed E-state index contributed by atoms with van der Waals surface area (Å²) in [7, 11) is 0. The van der Waals surface area contributed by atoms with Crippen LogP contribution in [-0.2, 0) is 0 Å². The first kappa shape index (κ1) is 15.1. The highest BCUT2D eigenvalue weighted by Gasteiger charge is 1.85. The van der Waals surface area contributed by atoms with Crippen molar-refractivity contribution < 1.29 is 4.74 Å². The lowest BCUT2D eigenvalue weighted by Crippen LogP contribution is -1.91. The van der Waals surface area contributed by atoms with Crippen LogP contribution in [0.25, 0.3) is 0 Å². The van der Waals surface area contributed by atoms with Crippen molar-refractivity contribution in [1.82, 2.24) is 0 Å². The maximum absolute atomic E-state index is 5.47. The molecular weight excluding hydrogens is 208 g/mol. The monoisotopic (exact) mass is 228 g/mol. The van der Waals surface area contributed by atoms with Gasteiger partial charge in [-0.2, -0.15) is 0 Å². The Morgan fingerprint density at radius 2 is 1.76 bits per heavy atom. The van der Waals surface area contributed by atoms with Crippen LogP contribution < -0.4 is 4.74 Å². The minimum Gasteiger partial charge on any atom is -0.490 e. The Hall–Kier alpha value is -1.94. The summed E-state index contributed by atoms with van der Waals surface area (Å²) in [6.45, 7) is 4.39. The summed E-state index contributed by atoms with van der Waals surface area (Å²) in [5.41, 5.74) is 0. The Bertz CT molecular complexity index is 355. The molecule has 0 radical (unpaired) electrons. The van der Waals surface area contributed by atoms with Crippen LogP contribution in [-0.4, -0.2) is 6.61 Å². The molecule has 0 unspecified atom stereocenters. The van der Waals surface area contributed by atoms with Crippen LogP contribution in [0.3, 0.4) is 0 Å². The molecule has 0 saturated heterocycles. The van der Waals surface area contributed by atoms with Crippen molar-refractivity contribution >= 4 is 0 Å². The molecule has 0 atom stereocenters. The standard InChI is InChI=1S/C13H16O.C3H4/c1-2-3-4-5-9-12-14-13-10-7-6-8-11-13;1-3-2/h3-11H,2,12H2,1H3;1H,2H3/b4-3-,9-5-;. The second-order valence-electron chi connectivity index (χ2n) is 3.18. The largest absolute Gasteiger partial charge is 0.490 e. The summed E-state index contributed by atoms with van der Waals surface area (Å²) >= 11 is 0. The SMILES string of the molecule is C#CC.CC/C=C\C=C/COc1ccccc1. The average molecular weight is 228 g/mol. The Morgan fingerprint density at radius 1 is 1.18 bits per heavy atom. The van der Waals surface area contributed by atoms with E-state index in [0.29, 0.717) is 6.61 Å². The van der Waals surface area contributed by atoms with Crippen molar-refractivity contribution in [2.24, 2.45) is 0 Å². The molecule has 0 heterocycles. The first-order chi connectivity index (χ1) is 8.35. The third-order valence-corrected chi connectivity index (χ3v) is 1.71. The van der Waals surface area contributed by atoms with E-state index in [1.54, 1.807) is 6.92 Å². The maximum Gasteiger partial charge on any atom is 0.119 e. The van der Waals surface area contributed by atoms with Gasteiger partial charge in [0.1, 0.15) is 12.4 Å². The molecule has 0 aliphatic heterocycles.